The molecule has 0 fully saturated rings. The zero-order valence-electron chi connectivity index (χ0n) is 11.2. The predicted molar refractivity (Wildman–Crippen MR) is 85.0 cm³/mol. The summed E-state index contributed by atoms with van der Waals surface area (Å²) < 4.78 is -0.121. The average Bonchev–Trinajstić information content (AvgIpc) is 2.56. The van der Waals surface area contributed by atoms with Crippen LogP contribution in [0.15, 0.2) is 91.0 Å². The first-order chi connectivity index (χ1) is 9.82. The van der Waals surface area contributed by atoms with Gasteiger partial charge >= 0.3 is 128 Å². The summed E-state index contributed by atoms with van der Waals surface area (Å²) in [5.74, 6) is 0. The van der Waals surface area contributed by atoms with E-state index in [2.05, 4.69) is 108 Å². The van der Waals surface area contributed by atoms with Crippen LogP contribution in [0.2, 0.25) is 0 Å². The molecule has 0 aromatic heterocycles. The van der Waals surface area contributed by atoms with E-state index in [0.717, 1.165) is 0 Å². The van der Waals surface area contributed by atoms with Gasteiger partial charge in [-0.15, -0.1) is 0 Å². The molecule has 0 bridgehead atoms. The molecule has 0 amide bonds. The molecule has 0 N–H and O–H groups in total. The molecule has 1 heteroatoms. The zero-order chi connectivity index (χ0) is 13.8. The summed E-state index contributed by atoms with van der Waals surface area (Å²) in [6.45, 7) is 0. The molecule has 0 nitrogen and oxygen atoms in total. The number of benzene rings is 3. The molecule has 3 rings (SSSR count). The van der Waals surface area contributed by atoms with Gasteiger partial charge in [0.25, 0.3) is 0 Å². The van der Waals surface area contributed by atoms with Crippen LogP contribution in [-0.2, 0) is 4.25 Å². The Balaban J connectivity index is 2.24. The van der Waals surface area contributed by atoms with Crippen LogP contribution in [0.25, 0.3) is 0 Å². The van der Waals surface area contributed by atoms with Crippen molar-refractivity contribution in [3.05, 3.63) is 108 Å². The summed E-state index contributed by atoms with van der Waals surface area (Å²) in [5, 5.41) is 0. The molecule has 0 spiro atoms. The molecule has 0 aliphatic heterocycles. The van der Waals surface area contributed by atoms with Gasteiger partial charge in [-0.2, -0.15) is 0 Å². The molecule has 3 aromatic carbocycles. The number of hydrogen-bond donors (Lipinski definition) is 0. The van der Waals surface area contributed by atoms with Crippen LogP contribution in [0.4, 0.5) is 0 Å². The molecule has 20 heavy (non-hydrogen) atoms. The molecular weight excluding hydrogens is 301 g/mol. The first-order valence-corrected chi connectivity index (χ1v) is 7.78. The van der Waals surface area contributed by atoms with Crippen LogP contribution < -0.4 is 0 Å². The first kappa shape index (κ1) is 13.2. The molecule has 3 radical (unpaired) electrons. The minimum absolute atomic E-state index is 0.121. The average molecular weight is 316 g/mol. The summed E-state index contributed by atoms with van der Waals surface area (Å²) in [6.07, 6.45) is 0. The van der Waals surface area contributed by atoms with Crippen LogP contribution in [0.5, 0.6) is 0 Å². The van der Waals surface area contributed by atoms with Gasteiger partial charge in [0, 0.05) is 0 Å². The Kier molecular flexibility index (Phi) is 3.75. The number of hydrogen-bond acceptors (Lipinski definition) is 0. The molecule has 0 unspecified atom stereocenters. The van der Waals surface area contributed by atoms with Crippen molar-refractivity contribution < 1.29 is 0 Å². The Bertz CT molecular complexity index is 563. The van der Waals surface area contributed by atoms with Crippen molar-refractivity contribution in [2.24, 2.45) is 0 Å². The van der Waals surface area contributed by atoms with E-state index < -0.39 is 0 Å². The Labute approximate surface area is 128 Å². The summed E-state index contributed by atoms with van der Waals surface area (Å²) in [7, 11) is 0. The Morgan fingerprint density at radius 3 is 0.950 bits per heavy atom. The SMILES string of the molecule is [Ge][C](c1ccccc1)(c1ccccc1)c1ccccc1. The van der Waals surface area contributed by atoms with E-state index >= 15 is 0 Å². The van der Waals surface area contributed by atoms with Gasteiger partial charge in [0.2, 0.25) is 0 Å². The van der Waals surface area contributed by atoms with Crippen molar-refractivity contribution in [2.45, 2.75) is 4.25 Å². The molecule has 95 valence electrons. The van der Waals surface area contributed by atoms with Crippen molar-refractivity contribution in [1.82, 2.24) is 0 Å². The molecular formula is C19H15Ge. The number of rotatable bonds is 3. The van der Waals surface area contributed by atoms with E-state index in [1.807, 2.05) is 0 Å². The molecule has 0 saturated carbocycles. The maximum absolute atomic E-state index is 2.30. The van der Waals surface area contributed by atoms with Crippen molar-refractivity contribution in [3.8, 4) is 0 Å². The molecule has 3 aromatic rings. The fraction of sp³-hybridized carbons (Fsp3) is 0.0526. The van der Waals surface area contributed by atoms with Crippen molar-refractivity contribution in [2.75, 3.05) is 0 Å². The summed E-state index contributed by atoms with van der Waals surface area (Å²) in [6, 6.07) is 32.1. The summed E-state index contributed by atoms with van der Waals surface area (Å²) in [4.78, 5) is 0. The third-order valence-electron chi connectivity index (χ3n) is 3.62. The van der Waals surface area contributed by atoms with Gasteiger partial charge in [-0.3, -0.25) is 0 Å². The first-order valence-electron chi connectivity index (χ1n) is 6.73. The van der Waals surface area contributed by atoms with Gasteiger partial charge in [0.15, 0.2) is 0 Å². The standard InChI is InChI=1S/C19H15Ge/c20-19(16-10-4-1-5-11-16,17-12-6-2-7-13-17)18-14-8-3-9-15-18/h1-15H. The van der Waals surface area contributed by atoms with Gasteiger partial charge in [-0.1, -0.05) is 0 Å². The molecule has 0 aliphatic rings. The van der Waals surface area contributed by atoms with Crippen LogP contribution >= 0.6 is 0 Å². The molecule has 0 heterocycles. The topological polar surface area (TPSA) is 0 Å². The van der Waals surface area contributed by atoms with E-state index in [1.165, 1.54) is 16.7 Å². The van der Waals surface area contributed by atoms with Gasteiger partial charge in [0.1, 0.15) is 0 Å². The quantitative estimate of drug-likeness (QED) is 0.503. The zero-order valence-corrected chi connectivity index (χ0v) is 13.3. The predicted octanol–water partition coefficient (Wildman–Crippen LogP) is 4.15. The van der Waals surface area contributed by atoms with Crippen LogP contribution in [0, 0.1) is 0 Å². The fourth-order valence-corrected chi connectivity index (χ4v) is 3.61. The molecule has 0 aliphatic carbocycles. The Morgan fingerprint density at radius 1 is 0.450 bits per heavy atom. The van der Waals surface area contributed by atoms with E-state index in [-0.39, 0.29) is 4.25 Å². The van der Waals surface area contributed by atoms with E-state index in [4.69, 9.17) is 0 Å². The minimum atomic E-state index is -0.121. The monoisotopic (exact) mass is 317 g/mol. The second kappa shape index (κ2) is 5.68. The Morgan fingerprint density at radius 2 is 0.700 bits per heavy atom. The van der Waals surface area contributed by atoms with Gasteiger partial charge in [-0.05, 0) is 0 Å². The van der Waals surface area contributed by atoms with Crippen LogP contribution in [0.1, 0.15) is 16.7 Å². The molecule has 0 atom stereocenters. The van der Waals surface area contributed by atoms with Crippen LogP contribution in [0.3, 0.4) is 0 Å². The van der Waals surface area contributed by atoms with Crippen LogP contribution in [-0.4, -0.2) is 16.5 Å². The van der Waals surface area contributed by atoms with Gasteiger partial charge in [0.05, 0.1) is 0 Å². The van der Waals surface area contributed by atoms with Crippen molar-refractivity contribution >= 4 is 16.5 Å². The second-order valence-electron chi connectivity index (χ2n) is 4.85. The third-order valence-corrected chi connectivity index (χ3v) is 5.44. The van der Waals surface area contributed by atoms with E-state index in [0.29, 0.717) is 0 Å². The maximum atomic E-state index is 2.30. The summed E-state index contributed by atoms with van der Waals surface area (Å²) >= 11 is 2.30. The summed E-state index contributed by atoms with van der Waals surface area (Å²) in [5.41, 5.74) is 3.95. The van der Waals surface area contributed by atoms with Gasteiger partial charge in [-0.25, -0.2) is 0 Å². The second-order valence-corrected chi connectivity index (χ2v) is 6.42. The van der Waals surface area contributed by atoms with Crippen molar-refractivity contribution in [3.63, 3.8) is 0 Å². The van der Waals surface area contributed by atoms with E-state index in [1.54, 1.807) is 0 Å². The molecule has 0 saturated heterocycles. The third kappa shape index (κ3) is 2.32. The van der Waals surface area contributed by atoms with Gasteiger partial charge < -0.3 is 0 Å². The normalized spacial score (nSPS) is 11.2. The Hall–Kier alpha value is -1.80. The fourth-order valence-electron chi connectivity index (χ4n) is 2.56. The van der Waals surface area contributed by atoms with E-state index in [9.17, 15) is 0 Å². The van der Waals surface area contributed by atoms with Crippen molar-refractivity contribution in [1.29, 1.82) is 0 Å².